The second kappa shape index (κ2) is 15.0. The van der Waals surface area contributed by atoms with Gasteiger partial charge in [0.15, 0.2) is 0 Å². The highest BCUT2D eigenvalue weighted by molar-refractivity contribution is 5.86. The monoisotopic (exact) mass is 406 g/mol. The molecule has 0 bridgehead atoms. The highest BCUT2D eigenvalue weighted by Crippen LogP contribution is 2.28. The van der Waals surface area contributed by atoms with E-state index in [0.29, 0.717) is 18.3 Å². The standard InChI is InChI=1S/C24H38O5/c1-4-12-20-14-10-11-15-21(20)13-8-6-5-7-9-16-23(26)28-17-22(25)18-29-24(27)19(2)3/h10-11,14-15,20-22,25H,2,4-9,12-13,16-18H2,1,3H3. The first-order valence-electron chi connectivity index (χ1n) is 10.9. The van der Waals surface area contributed by atoms with Gasteiger partial charge in [-0.05, 0) is 38.0 Å². The van der Waals surface area contributed by atoms with Crippen LogP contribution in [0.25, 0.3) is 0 Å². The predicted molar refractivity (Wildman–Crippen MR) is 115 cm³/mol. The summed E-state index contributed by atoms with van der Waals surface area (Å²) in [5.41, 5.74) is 0.266. The number of rotatable bonds is 15. The molecule has 29 heavy (non-hydrogen) atoms. The van der Waals surface area contributed by atoms with E-state index in [2.05, 4.69) is 37.8 Å². The van der Waals surface area contributed by atoms with Crippen molar-refractivity contribution in [3.63, 3.8) is 0 Å². The molecule has 3 unspecified atom stereocenters. The van der Waals surface area contributed by atoms with Gasteiger partial charge in [0.2, 0.25) is 0 Å². The van der Waals surface area contributed by atoms with Gasteiger partial charge in [-0.25, -0.2) is 4.79 Å². The fourth-order valence-corrected chi connectivity index (χ4v) is 3.44. The van der Waals surface area contributed by atoms with Crippen molar-refractivity contribution in [2.24, 2.45) is 11.8 Å². The topological polar surface area (TPSA) is 72.8 Å². The molecule has 0 aromatic heterocycles. The van der Waals surface area contributed by atoms with Gasteiger partial charge in [-0.15, -0.1) is 0 Å². The van der Waals surface area contributed by atoms with Crippen LogP contribution in [-0.2, 0) is 19.1 Å². The van der Waals surface area contributed by atoms with Crippen molar-refractivity contribution in [3.8, 4) is 0 Å². The number of allylic oxidation sites excluding steroid dienone is 4. The molecule has 0 aromatic carbocycles. The largest absolute Gasteiger partial charge is 0.463 e. The lowest BCUT2D eigenvalue weighted by Crippen LogP contribution is -2.25. The molecule has 0 heterocycles. The van der Waals surface area contributed by atoms with Crippen molar-refractivity contribution in [1.82, 2.24) is 0 Å². The minimum atomic E-state index is -1.01. The molecule has 5 nitrogen and oxygen atoms in total. The maximum atomic E-state index is 11.7. The predicted octanol–water partition coefficient (Wildman–Crippen LogP) is 4.90. The van der Waals surface area contributed by atoms with E-state index in [1.54, 1.807) is 0 Å². The van der Waals surface area contributed by atoms with Gasteiger partial charge >= 0.3 is 11.9 Å². The maximum Gasteiger partial charge on any atom is 0.333 e. The normalized spacial score (nSPS) is 19.0. The van der Waals surface area contributed by atoms with Crippen molar-refractivity contribution in [3.05, 3.63) is 36.5 Å². The van der Waals surface area contributed by atoms with Crippen LogP contribution in [0.1, 0.15) is 71.6 Å². The zero-order chi connectivity index (χ0) is 21.5. The number of hydrogen-bond acceptors (Lipinski definition) is 5. The Morgan fingerprint density at radius 1 is 0.966 bits per heavy atom. The van der Waals surface area contributed by atoms with Crippen LogP contribution in [0.2, 0.25) is 0 Å². The van der Waals surface area contributed by atoms with E-state index in [4.69, 9.17) is 9.47 Å². The molecule has 1 aliphatic rings. The van der Waals surface area contributed by atoms with Gasteiger partial charge in [-0.1, -0.05) is 69.9 Å². The first kappa shape index (κ1) is 25.2. The van der Waals surface area contributed by atoms with Crippen LogP contribution in [0.3, 0.4) is 0 Å². The van der Waals surface area contributed by atoms with Crippen LogP contribution < -0.4 is 0 Å². The van der Waals surface area contributed by atoms with Gasteiger partial charge in [0.05, 0.1) is 0 Å². The van der Waals surface area contributed by atoms with Gasteiger partial charge in [0.25, 0.3) is 0 Å². The number of unbranched alkanes of at least 4 members (excludes halogenated alkanes) is 4. The summed E-state index contributed by atoms with van der Waals surface area (Å²) in [6.07, 6.45) is 17.5. The minimum Gasteiger partial charge on any atom is -0.463 e. The van der Waals surface area contributed by atoms with Crippen molar-refractivity contribution < 1.29 is 24.2 Å². The van der Waals surface area contributed by atoms with Gasteiger partial charge in [-0.3, -0.25) is 4.79 Å². The lowest BCUT2D eigenvalue weighted by molar-refractivity contribution is -0.150. The SMILES string of the molecule is C=C(C)C(=O)OCC(O)COC(=O)CCCCCCCC1C=CC=CC1CCC. The van der Waals surface area contributed by atoms with E-state index in [1.165, 1.54) is 39.0 Å². The second-order valence-corrected chi connectivity index (χ2v) is 7.91. The van der Waals surface area contributed by atoms with Gasteiger partial charge in [0.1, 0.15) is 19.3 Å². The first-order valence-corrected chi connectivity index (χ1v) is 10.9. The molecule has 0 radical (unpaired) electrons. The molecule has 5 heteroatoms. The Balaban J connectivity index is 2.01. The van der Waals surface area contributed by atoms with Crippen molar-refractivity contribution in [1.29, 1.82) is 0 Å². The summed E-state index contributed by atoms with van der Waals surface area (Å²) in [5.74, 6) is 0.486. The quantitative estimate of drug-likeness (QED) is 0.238. The van der Waals surface area contributed by atoms with E-state index in [1.807, 2.05) is 0 Å². The molecule has 0 aliphatic heterocycles. The molecule has 3 atom stereocenters. The summed E-state index contributed by atoms with van der Waals surface area (Å²) in [6.45, 7) is 6.86. The Hall–Kier alpha value is -1.88. The number of hydrogen-bond donors (Lipinski definition) is 1. The van der Waals surface area contributed by atoms with Crippen LogP contribution in [-0.4, -0.2) is 36.4 Å². The number of aliphatic hydroxyl groups is 1. The van der Waals surface area contributed by atoms with Crippen LogP contribution in [0.5, 0.6) is 0 Å². The molecular formula is C24H38O5. The lowest BCUT2D eigenvalue weighted by atomic mass is 9.82. The molecule has 1 N–H and O–H groups in total. The summed E-state index contributed by atoms with van der Waals surface area (Å²) >= 11 is 0. The molecule has 0 aromatic rings. The highest BCUT2D eigenvalue weighted by atomic mass is 16.6. The lowest BCUT2D eigenvalue weighted by Gasteiger charge is -2.23. The van der Waals surface area contributed by atoms with E-state index < -0.39 is 12.1 Å². The molecule has 164 valence electrons. The molecule has 0 spiro atoms. The molecule has 0 fully saturated rings. The zero-order valence-corrected chi connectivity index (χ0v) is 18.1. The number of ether oxygens (including phenoxy) is 2. The van der Waals surface area contributed by atoms with E-state index in [0.717, 1.165) is 19.3 Å². The Bertz CT molecular complexity index is 564. The molecule has 1 rings (SSSR count). The van der Waals surface area contributed by atoms with Crippen LogP contribution in [0.4, 0.5) is 0 Å². The molecule has 1 aliphatic carbocycles. The summed E-state index contributed by atoms with van der Waals surface area (Å²) in [7, 11) is 0. The Kier molecular flexibility index (Phi) is 13.0. The van der Waals surface area contributed by atoms with Crippen LogP contribution in [0.15, 0.2) is 36.5 Å². The Morgan fingerprint density at radius 2 is 1.55 bits per heavy atom. The first-order chi connectivity index (χ1) is 13.9. The third-order valence-corrected chi connectivity index (χ3v) is 5.11. The van der Waals surface area contributed by atoms with Crippen molar-refractivity contribution in [2.45, 2.75) is 77.7 Å². The number of carbonyl (C=O) groups is 2. The van der Waals surface area contributed by atoms with Gasteiger partial charge < -0.3 is 14.6 Å². The Morgan fingerprint density at radius 3 is 2.21 bits per heavy atom. The summed E-state index contributed by atoms with van der Waals surface area (Å²) in [5, 5.41) is 9.66. The third kappa shape index (κ3) is 11.6. The number of carbonyl (C=O) groups excluding carboxylic acids is 2. The molecular weight excluding hydrogens is 368 g/mol. The summed E-state index contributed by atoms with van der Waals surface area (Å²) in [6, 6.07) is 0. The van der Waals surface area contributed by atoms with E-state index >= 15 is 0 Å². The summed E-state index contributed by atoms with van der Waals surface area (Å²) in [4.78, 5) is 22.9. The Labute approximate surface area is 175 Å². The molecule has 0 saturated heterocycles. The molecule has 0 saturated carbocycles. The number of esters is 2. The second-order valence-electron chi connectivity index (χ2n) is 7.91. The smallest absolute Gasteiger partial charge is 0.333 e. The minimum absolute atomic E-state index is 0.162. The average Bonchev–Trinajstić information content (AvgIpc) is 2.70. The van der Waals surface area contributed by atoms with Crippen LogP contribution >= 0.6 is 0 Å². The molecule has 0 amide bonds. The van der Waals surface area contributed by atoms with Gasteiger partial charge in [-0.2, -0.15) is 0 Å². The highest BCUT2D eigenvalue weighted by Gasteiger charge is 2.17. The van der Waals surface area contributed by atoms with E-state index in [-0.39, 0.29) is 24.8 Å². The average molecular weight is 407 g/mol. The van der Waals surface area contributed by atoms with Crippen LogP contribution in [0, 0.1) is 11.8 Å². The van der Waals surface area contributed by atoms with Crippen molar-refractivity contribution >= 4 is 11.9 Å². The van der Waals surface area contributed by atoms with Crippen molar-refractivity contribution in [2.75, 3.05) is 13.2 Å². The maximum absolute atomic E-state index is 11.7. The van der Waals surface area contributed by atoms with Gasteiger partial charge in [0, 0.05) is 12.0 Å². The third-order valence-electron chi connectivity index (χ3n) is 5.11. The number of aliphatic hydroxyl groups excluding tert-OH is 1. The zero-order valence-electron chi connectivity index (χ0n) is 18.1. The fraction of sp³-hybridized carbons (Fsp3) is 0.667. The fourth-order valence-electron chi connectivity index (χ4n) is 3.44. The summed E-state index contributed by atoms with van der Waals surface area (Å²) < 4.78 is 9.83. The van der Waals surface area contributed by atoms with E-state index in [9.17, 15) is 14.7 Å².